The highest BCUT2D eigenvalue weighted by Crippen LogP contribution is 2.34. The number of nitrogens with one attached hydrogen (secondary N) is 1. The van der Waals surface area contributed by atoms with E-state index >= 15 is 0 Å². The molecule has 0 saturated carbocycles. The molecular weight excluding hydrogens is 325 g/mol. The Morgan fingerprint density at radius 1 is 1.36 bits per heavy atom. The molecule has 6 nitrogen and oxygen atoms in total. The number of alkyl halides is 3. The van der Waals surface area contributed by atoms with Crippen LogP contribution >= 0.6 is 0 Å². The standard InChI is InChI=1S/C12H12F3N2O4S/c13-12(14,15)21-8-3-1-2-4-9(8)22(19,20)7-11(10(16)18)5-6-17-11/h1-4,7,17H,5-6H2,(H2,16,18). The molecule has 0 spiro atoms. The van der Waals surface area contributed by atoms with Gasteiger partial charge in [0.2, 0.25) is 5.91 Å². The Morgan fingerprint density at radius 2 is 1.95 bits per heavy atom. The Morgan fingerprint density at radius 3 is 2.41 bits per heavy atom. The molecule has 1 amide bonds. The number of halogens is 3. The van der Waals surface area contributed by atoms with Gasteiger partial charge in [-0.1, -0.05) is 12.1 Å². The van der Waals surface area contributed by atoms with Crippen molar-refractivity contribution in [2.45, 2.75) is 23.2 Å². The smallest absolute Gasteiger partial charge is 0.404 e. The molecule has 121 valence electrons. The lowest BCUT2D eigenvalue weighted by Crippen LogP contribution is -2.65. The van der Waals surface area contributed by atoms with Crippen LogP contribution in [0.25, 0.3) is 0 Å². The van der Waals surface area contributed by atoms with Crippen molar-refractivity contribution in [3.63, 3.8) is 0 Å². The second kappa shape index (κ2) is 5.43. The van der Waals surface area contributed by atoms with E-state index in [1.54, 1.807) is 0 Å². The minimum Gasteiger partial charge on any atom is -0.404 e. The molecule has 0 aliphatic carbocycles. The largest absolute Gasteiger partial charge is 0.573 e. The quantitative estimate of drug-likeness (QED) is 0.826. The zero-order valence-corrected chi connectivity index (χ0v) is 11.9. The summed E-state index contributed by atoms with van der Waals surface area (Å²) >= 11 is 0. The predicted octanol–water partition coefficient (Wildman–Crippen LogP) is 0.738. The number of ether oxygens (including phenoxy) is 1. The number of sulfone groups is 1. The van der Waals surface area contributed by atoms with Crippen LogP contribution in [0.5, 0.6) is 5.75 Å². The molecule has 1 fully saturated rings. The maximum atomic E-state index is 12.3. The Hall–Kier alpha value is -1.81. The third kappa shape index (κ3) is 3.33. The average molecular weight is 337 g/mol. The fraction of sp³-hybridized carbons (Fsp3) is 0.333. The molecule has 1 saturated heterocycles. The van der Waals surface area contributed by atoms with E-state index in [0.29, 0.717) is 12.3 Å². The van der Waals surface area contributed by atoms with Crippen molar-refractivity contribution in [1.29, 1.82) is 0 Å². The number of rotatable bonds is 5. The number of hydrogen-bond donors (Lipinski definition) is 2. The van der Waals surface area contributed by atoms with Crippen molar-refractivity contribution in [1.82, 2.24) is 5.32 Å². The molecule has 1 radical (unpaired) electrons. The van der Waals surface area contributed by atoms with E-state index in [1.165, 1.54) is 12.1 Å². The van der Waals surface area contributed by atoms with Gasteiger partial charge in [-0.15, -0.1) is 13.2 Å². The lowest BCUT2D eigenvalue weighted by molar-refractivity contribution is -0.275. The van der Waals surface area contributed by atoms with Crippen molar-refractivity contribution in [2.75, 3.05) is 6.54 Å². The van der Waals surface area contributed by atoms with Gasteiger partial charge in [0.25, 0.3) is 0 Å². The van der Waals surface area contributed by atoms with Crippen molar-refractivity contribution in [3.05, 3.63) is 30.0 Å². The van der Waals surface area contributed by atoms with Crippen LogP contribution in [0.3, 0.4) is 0 Å². The van der Waals surface area contributed by atoms with E-state index in [4.69, 9.17) is 5.73 Å². The Balaban J connectivity index is 2.36. The van der Waals surface area contributed by atoms with Crippen LogP contribution in [0.15, 0.2) is 29.2 Å². The number of amides is 1. The Kier molecular flexibility index (Phi) is 4.09. The van der Waals surface area contributed by atoms with Crippen LogP contribution < -0.4 is 15.8 Å². The summed E-state index contributed by atoms with van der Waals surface area (Å²) in [6.07, 6.45) is -4.90. The number of primary amides is 1. The van der Waals surface area contributed by atoms with E-state index in [1.807, 2.05) is 0 Å². The lowest BCUT2D eigenvalue weighted by Gasteiger charge is -2.39. The van der Waals surface area contributed by atoms with Crippen LogP contribution in [-0.4, -0.2) is 32.8 Å². The fourth-order valence-electron chi connectivity index (χ4n) is 1.99. The normalized spacial score (nSPS) is 22.0. The zero-order chi connectivity index (χ0) is 16.6. The molecule has 1 atom stereocenters. The number of hydrogen-bond acceptors (Lipinski definition) is 5. The summed E-state index contributed by atoms with van der Waals surface area (Å²) in [4.78, 5) is 10.7. The van der Waals surface area contributed by atoms with Gasteiger partial charge in [-0.25, -0.2) is 8.42 Å². The van der Waals surface area contributed by atoms with Gasteiger partial charge in [0, 0.05) is 0 Å². The van der Waals surface area contributed by atoms with Crippen LogP contribution in [0.4, 0.5) is 13.2 Å². The molecule has 10 heteroatoms. The highest BCUT2D eigenvalue weighted by atomic mass is 32.2. The Labute approximate surface area is 124 Å². The molecule has 1 unspecified atom stereocenters. The van der Waals surface area contributed by atoms with Gasteiger partial charge in [-0.3, -0.25) is 4.79 Å². The maximum absolute atomic E-state index is 12.3. The molecule has 0 aromatic heterocycles. The first-order valence-corrected chi connectivity index (χ1v) is 7.61. The van der Waals surface area contributed by atoms with Gasteiger partial charge in [-0.2, -0.15) is 0 Å². The van der Waals surface area contributed by atoms with Crippen molar-refractivity contribution >= 4 is 15.7 Å². The summed E-state index contributed by atoms with van der Waals surface area (Å²) in [5.74, 6) is -1.16. The van der Waals surface area contributed by atoms with Crippen molar-refractivity contribution in [3.8, 4) is 5.75 Å². The number of benzene rings is 1. The molecule has 1 aromatic carbocycles. The summed E-state index contributed by atoms with van der Waals surface area (Å²) in [5, 5.41) is 2.58. The van der Waals surface area contributed by atoms with Crippen LogP contribution in [0, 0.1) is 5.75 Å². The van der Waals surface area contributed by atoms with E-state index in [0.717, 1.165) is 12.1 Å². The first-order chi connectivity index (χ1) is 10.1. The third-order valence-corrected chi connectivity index (χ3v) is 4.80. The molecule has 0 bridgehead atoms. The summed E-state index contributed by atoms with van der Waals surface area (Å²) in [7, 11) is -4.34. The minimum absolute atomic E-state index is 0.143. The summed E-state index contributed by atoms with van der Waals surface area (Å²) in [6.45, 7) is 0.371. The maximum Gasteiger partial charge on any atom is 0.573 e. The van der Waals surface area contributed by atoms with Gasteiger partial charge in [0.05, 0.1) is 0 Å². The molecular formula is C12H12F3N2O4S. The lowest BCUT2D eigenvalue weighted by atomic mass is 9.89. The number of carbonyl (C=O) groups is 1. The van der Waals surface area contributed by atoms with Crippen LogP contribution in [-0.2, 0) is 14.6 Å². The molecule has 1 heterocycles. The van der Waals surface area contributed by atoms with Gasteiger partial charge in [0.1, 0.15) is 21.9 Å². The predicted molar refractivity (Wildman–Crippen MR) is 69.2 cm³/mol. The first-order valence-electron chi connectivity index (χ1n) is 6.06. The molecule has 1 aromatic rings. The first kappa shape index (κ1) is 16.6. The highest BCUT2D eigenvalue weighted by Gasteiger charge is 2.47. The SMILES string of the molecule is NC(=O)C1([CH]S(=O)(=O)c2ccccc2OC(F)(F)F)CCN1. The zero-order valence-electron chi connectivity index (χ0n) is 11.1. The highest BCUT2D eigenvalue weighted by molar-refractivity contribution is 7.93. The number of para-hydroxylation sites is 1. The molecule has 1 aliphatic heterocycles. The van der Waals surface area contributed by atoms with E-state index in [9.17, 15) is 26.4 Å². The fourth-order valence-corrected chi connectivity index (χ4v) is 3.62. The molecule has 22 heavy (non-hydrogen) atoms. The summed E-state index contributed by atoms with van der Waals surface area (Å²) in [5.41, 5.74) is 3.57. The van der Waals surface area contributed by atoms with Gasteiger partial charge < -0.3 is 15.8 Å². The van der Waals surface area contributed by atoms with Crippen LogP contribution in [0.1, 0.15) is 6.42 Å². The third-order valence-electron chi connectivity index (χ3n) is 3.14. The Bertz CT molecular complexity index is 684. The van der Waals surface area contributed by atoms with E-state index < -0.39 is 38.3 Å². The second-order valence-corrected chi connectivity index (χ2v) is 6.44. The molecule has 2 rings (SSSR count). The van der Waals surface area contributed by atoms with Crippen molar-refractivity contribution in [2.24, 2.45) is 5.73 Å². The van der Waals surface area contributed by atoms with Crippen molar-refractivity contribution < 1.29 is 31.1 Å². The average Bonchev–Trinajstić information content (AvgIpc) is 2.32. The van der Waals surface area contributed by atoms with Crippen LogP contribution in [0.2, 0.25) is 0 Å². The number of nitrogens with two attached hydrogens (primary N) is 1. The van der Waals surface area contributed by atoms with E-state index in [-0.39, 0.29) is 6.42 Å². The molecule has 3 N–H and O–H groups in total. The van der Waals surface area contributed by atoms with Gasteiger partial charge in [0.15, 0.2) is 9.84 Å². The van der Waals surface area contributed by atoms with Gasteiger partial charge in [-0.05, 0) is 25.1 Å². The van der Waals surface area contributed by atoms with E-state index in [2.05, 4.69) is 10.1 Å². The monoisotopic (exact) mass is 337 g/mol. The second-order valence-electron chi connectivity index (χ2n) is 4.67. The topological polar surface area (TPSA) is 98.5 Å². The van der Waals surface area contributed by atoms with Gasteiger partial charge >= 0.3 is 6.36 Å². The minimum atomic E-state index is -5.04. The summed E-state index contributed by atoms with van der Waals surface area (Å²) < 4.78 is 65.3. The number of carbonyl (C=O) groups excluding carboxylic acids is 1. The molecule has 1 aliphatic rings. The summed E-state index contributed by atoms with van der Waals surface area (Å²) in [6, 6.07) is 4.28.